The van der Waals surface area contributed by atoms with Crippen molar-refractivity contribution in [3.63, 3.8) is 0 Å². The number of oxime groups is 1. The molecule has 1 fully saturated rings. The van der Waals surface area contributed by atoms with E-state index in [0.29, 0.717) is 48.8 Å². The summed E-state index contributed by atoms with van der Waals surface area (Å²) in [7, 11) is 0. The Morgan fingerprint density at radius 1 is 0.938 bits per heavy atom. The van der Waals surface area contributed by atoms with Gasteiger partial charge in [-0.3, -0.25) is 4.90 Å². The minimum atomic E-state index is -1.47. The Labute approximate surface area is 388 Å². The van der Waals surface area contributed by atoms with Gasteiger partial charge in [0.2, 0.25) is 12.6 Å². The summed E-state index contributed by atoms with van der Waals surface area (Å²) in [5.74, 6) is 1.34. The SMILES string of the molecule is C=CCCOC(=O)N(Cc1ccc2c(c1)OCO2)[C@H]1CC(=NOC(C)(C)C)C2=C[C@H](CCCCO)[C@@H](CCCCO)[C@@H]3c4cc(OCCSc5ccccc5)ccc4O[C@@]1(OCC=C)[C@H]23. The molecular weight excluding hydrogens is 845 g/mol. The molecule has 0 saturated heterocycles. The standard InChI is InChI=1S/C52H66N2O10S/c1-6-8-27-59-50(57)54(34-36-20-22-45-46(30-36)61-35-60-45)47-33-43(53-64-51(3,4)5)41-31-37(16-12-14-24-55)40(19-13-15-25-56)48-42-32-38(58-28-29-65-39-17-10-9-11-18-39)21-23-44(42)63-52(47,49(41)48)62-26-7-2/h6-7,9-11,17-18,20-23,30-32,37,40,47-49,55-56H,1-2,8,12-16,19,24-29,33-35H2,3-5H3/t37-,40+,47-,48+,49+,52+/m0/s1. The van der Waals surface area contributed by atoms with E-state index in [4.69, 9.17) is 38.4 Å². The molecule has 2 N–H and O–H groups in total. The minimum Gasteiger partial charge on any atom is -0.493 e. The Morgan fingerprint density at radius 3 is 2.46 bits per heavy atom. The number of amides is 1. The molecule has 7 rings (SSSR count). The van der Waals surface area contributed by atoms with E-state index in [1.807, 2.05) is 69.3 Å². The van der Waals surface area contributed by atoms with Crippen molar-refractivity contribution in [1.82, 2.24) is 4.90 Å². The fourth-order valence-corrected chi connectivity index (χ4v) is 10.4. The van der Waals surface area contributed by atoms with Gasteiger partial charge in [-0.2, -0.15) is 0 Å². The molecule has 3 aromatic carbocycles. The van der Waals surface area contributed by atoms with Gasteiger partial charge in [-0.15, -0.1) is 24.9 Å². The van der Waals surface area contributed by atoms with E-state index in [-0.39, 0.29) is 63.9 Å². The van der Waals surface area contributed by atoms with Gasteiger partial charge in [-0.25, -0.2) is 4.79 Å². The van der Waals surface area contributed by atoms with Crippen LogP contribution in [0.5, 0.6) is 23.0 Å². The molecule has 12 nitrogen and oxygen atoms in total. The summed E-state index contributed by atoms with van der Waals surface area (Å²) in [5.41, 5.74) is 2.82. The van der Waals surface area contributed by atoms with E-state index in [1.165, 1.54) is 4.90 Å². The summed E-state index contributed by atoms with van der Waals surface area (Å²) in [6, 6.07) is 21.2. The van der Waals surface area contributed by atoms with Crippen LogP contribution in [0.15, 0.2) is 114 Å². The van der Waals surface area contributed by atoms with E-state index in [9.17, 15) is 15.0 Å². The predicted octanol–water partition coefficient (Wildman–Crippen LogP) is 10.2. The Morgan fingerprint density at radius 2 is 1.71 bits per heavy atom. The zero-order chi connectivity index (χ0) is 45.8. The highest BCUT2D eigenvalue weighted by atomic mass is 32.2. The number of unbranched alkanes of at least 4 members (excludes halogenated alkanes) is 2. The van der Waals surface area contributed by atoms with Gasteiger partial charge in [-0.1, -0.05) is 60.5 Å². The monoisotopic (exact) mass is 910 g/mol. The first-order chi connectivity index (χ1) is 31.6. The predicted molar refractivity (Wildman–Crippen MR) is 253 cm³/mol. The topological polar surface area (TPSA) is 138 Å². The van der Waals surface area contributed by atoms with Crippen molar-refractivity contribution in [2.75, 3.05) is 45.6 Å². The van der Waals surface area contributed by atoms with Crippen LogP contribution >= 0.6 is 11.8 Å². The number of aliphatic hydroxyl groups is 2. The lowest BCUT2D eigenvalue weighted by Crippen LogP contribution is -2.70. The molecule has 0 radical (unpaired) electrons. The number of carbonyl (C=O) groups is 1. The second-order valence-electron chi connectivity index (χ2n) is 18.0. The third-order valence-electron chi connectivity index (χ3n) is 12.4. The maximum atomic E-state index is 14.8. The van der Waals surface area contributed by atoms with E-state index in [1.54, 1.807) is 28.8 Å². The molecule has 3 aromatic rings. The van der Waals surface area contributed by atoms with Crippen molar-refractivity contribution in [3.8, 4) is 23.0 Å². The quantitative estimate of drug-likeness (QED) is 0.0407. The highest BCUT2D eigenvalue weighted by molar-refractivity contribution is 7.99. The number of rotatable bonds is 23. The second-order valence-corrected chi connectivity index (χ2v) is 19.2. The molecule has 0 unspecified atom stereocenters. The summed E-state index contributed by atoms with van der Waals surface area (Å²) in [6.07, 6.45) is 10.5. The van der Waals surface area contributed by atoms with Crippen molar-refractivity contribution in [2.45, 2.75) is 107 Å². The van der Waals surface area contributed by atoms with Crippen LogP contribution in [-0.2, 0) is 20.9 Å². The van der Waals surface area contributed by atoms with E-state index < -0.39 is 29.4 Å². The first-order valence-electron chi connectivity index (χ1n) is 23.1. The smallest absolute Gasteiger partial charge is 0.410 e. The lowest BCUT2D eigenvalue weighted by molar-refractivity contribution is -0.256. The van der Waals surface area contributed by atoms with Crippen LogP contribution in [-0.4, -0.2) is 89.9 Å². The molecule has 0 spiro atoms. The summed E-state index contributed by atoms with van der Waals surface area (Å²) >= 11 is 1.74. The van der Waals surface area contributed by atoms with Gasteiger partial charge in [0.25, 0.3) is 0 Å². The number of allylic oxidation sites excluding steroid dienone is 1. The van der Waals surface area contributed by atoms with Crippen molar-refractivity contribution in [2.24, 2.45) is 22.9 Å². The highest BCUT2D eigenvalue weighted by Crippen LogP contribution is 2.62. The minimum absolute atomic E-state index is 0.0534. The van der Waals surface area contributed by atoms with Gasteiger partial charge in [-0.05, 0) is 118 Å². The van der Waals surface area contributed by atoms with Gasteiger partial charge < -0.3 is 43.5 Å². The van der Waals surface area contributed by atoms with E-state index >= 15 is 0 Å². The van der Waals surface area contributed by atoms with Crippen LogP contribution in [0.4, 0.5) is 4.79 Å². The van der Waals surface area contributed by atoms with Gasteiger partial charge >= 0.3 is 6.09 Å². The number of hydrogen-bond donors (Lipinski definition) is 2. The number of aliphatic hydroxyl groups excluding tert-OH is 2. The molecule has 2 aliphatic carbocycles. The van der Waals surface area contributed by atoms with Gasteiger partial charge in [0.1, 0.15) is 23.1 Å². The average molecular weight is 911 g/mol. The van der Waals surface area contributed by atoms with Crippen LogP contribution < -0.4 is 18.9 Å². The lowest BCUT2D eigenvalue weighted by Gasteiger charge is -2.60. The summed E-state index contributed by atoms with van der Waals surface area (Å²) in [5, 5.41) is 25.0. The van der Waals surface area contributed by atoms with Crippen molar-refractivity contribution >= 4 is 23.6 Å². The fourth-order valence-electron chi connectivity index (χ4n) is 9.62. The normalized spacial score (nSPS) is 23.4. The molecular formula is C52H66N2O10S. The second kappa shape index (κ2) is 22.5. The molecule has 6 atom stereocenters. The number of thioether (sulfide) groups is 1. The summed E-state index contributed by atoms with van der Waals surface area (Å²) in [6.45, 7) is 15.0. The van der Waals surface area contributed by atoms with E-state index in [0.717, 1.165) is 53.9 Å². The van der Waals surface area contributed by atoms with Crippen molar-refractivity contribution in [3.05, 3.63) is 115 Å². The third kappa shape index (κ3) is 11.5. The Bertz CT molecular complexity index is 2140. The van der Waals surface area contributed by atoms with Crippen LogP contribution in [0.2, 0.25) is 0 Å². The Kier molecular flexibility index (Phi) is 16.6. The molecule has 0 bridgehead atoms. The summed E-state index contributed by atoms with van der Waals surface area (Å²) < 4.78 is 38.5. The molecule has 2 heterocycles. The molecule has 1 amide bonds. The van der Waals surface area contributed by atoms with Gasteiger partial charge in [0.15, 0.2) is 11.5 Å². The molecule has 4 aliphatic rings. The lowest BCUT2D eigenvalue weighted by atomic mass is 9.55. The van der Waals surface area contributed by atoms with Crippen LogP contribution in [0.3, 0.4) is 0 Å². The highest BCUT2D eigenvalue weighted by Gasteiger charge is 2.65. The largest absolute Gasteiger partial charge is 0.493 e. The first kappa shape index (κ1) is 48.0. The average Bonchev–Trinajstić information content (AvgIpc) is 3.78. The third-order valence-corrected chi connectivity index (χ3v) is 13.4. The van der Waals surface area contributed by atoms with Crippen LogP contribution in [0.25, 0.3) is 0 Å². The number of benzene rings is 3. The van der Waals surface area contributed by atoms with Crippen LogP contribution in [0.1, 0.15) is 89.2 Å². The van der Waals surface area contributed by atoms with Crippen molar-refractivity contribution in [1.29, 1.82) is 0 Å². The molecule has 13 heteroatoms. The van der Waals surface area contributed by atoms with Gasteiger partial charge in [0, 0.05) is 48.3 Å². The summed E-state index contributed by atoms with van der Waals surface area (Å²) in [4.78, 5) is 24.0. The first-order valence-corrected chi connectivity index (χ1v) is 24.1. The number of fused-ring (bicyclic) bond motifs is 3. The van der Waals surface area contributed by atoms with Gasteiger partial charge in [0.05, 0.1) is 31.5 Å². The molecule has 2 aliphatic heterocycles. The number of hydrogen-bond acceptors (Lipinski definition) is 12. The van der Waals surface area contributed by atoms with Crippen molar-refractivity contribution < 1.29 is 48.3 Å². The van der Waals surface area contributed by atoms with Crippen LogP contribution in [0, 0.1) is 17.8 Å². The Hall–Kier alpha value is -4.95. The zero-order valence-electron chi connectivity index (χ0n) is 38.2. The molecule has 350 valence electrons. The number of ether oxygens (including phenoxy) is 6. The zero-order valence-corrected chi connectivity index (χ0v) is 39.0. The maximum Gasteiger partial charge on any atom is 0.410 e. The molecule has 1 saturated carbocycles. The maximum absolute atomic E-state index is 14.8. The molecule has 0 aromatic heterocycles. The van der Waals surface area contributed by atoms with E-state index in [2.05, 4.69) is 37.4 Å². The fraction of sp³-hybridized carbons (Fsp3) is 0.500. The Balaban J connectivity index is 1.40. The number of carbonyl (C=O) groups excluding carboxylic acids is 1. The number of nitrogens with zero attached hydrogens (tertiary/aromatic N) is 2. The molecule has 65 heavy (non-hydrogen) atoms.